The van der Waals surface area contributed by atoms with Gasteiger partial charge in [-0.05, 0) is 70.1 Å². The molecule has 1 spiro atoms. The summed E-state index contributed by atoms with van der Waals surface area (Å²) < 4.78 is 51.6. The van der Waals surface area contributed by atoms with E-state index in [1.807, 2.05) is 17.1 Å². The maximum absolute atomic E-state index is 14.5. The number of H-pyrrole nitrogens is 1. The van der Waals surface area contributed by atoms with Crippen molar-refractivity contribution in [1.82, 2.24) is 9.55 Å². The van der Waals surface area contributed by atoms with Crippen LogP contribution in [0.2, 0.25) is 0 Å². The number of nitrogens with one attached hydrogen (secondary N) is 1. The van der Waals surface area contributed by atoms with Crippen LogP contribution in [0.3, 0.4) is 0 Å². The Kier molecular flexibility index (Phi) is 12.6. The Bertz CT molecular complexity index is 2150. The topological polar surface area (TPSA) is 169 Å². The first-order valence-electron chi connectivity index (χ1n) is 21.0. The number of hydrogen-bond donors (Lipinski definition) is 1. The smallest absolute Gasteiger partial charge is 0.351 e. The number of fused-ring (bicyclic) bond motifs is 3. The molecule has 7 rings (SSSR count). The molecular weight excluding hydrogens is 753 g/mol. The SMILES string of the molecule is CCOC(=O)c1cc2cc3c(cc2oc1=O)N(CCCC(=O)OC[C@H]1O[C@@H](n2cc(F)c(=O)[nH]c2=O)[C@@H]2OC4(CCCCCCCCCCC4)O[C@@H]21)C(C)(C)CC3C. The minimum absolute atomic E-state index is 0.0964. The summed E-state index contributed by atoms with van der Waals surface area (Å²) in [5.41, 5.74) is -0.899. The minimum Gasteiger partial charge on any atom is -0.463 e. The number of halogens is 1. The highest BCUT2D eigenvalue weighted by molar-refractivity contribution is 5.94. The van der Waals surface area contributed by atoms with Gasteiger partial charge in [-0.2, -0.15) is 4.39 Å². The minimum atomic E-state index is -1.14. The highest BCUT2D eigenvalue weighted by Gasteiger charge is 2.59. The van der Waals surface area contributed by atoms with E-state index in [4.69, 9.17) is 28.1 Å². The fourth-order valence-electron chi connectivity index (χ4n) is 9.40. The normalized spacial score (nSPS) is 25.7. The molecule has 3 aromatic rings. The highest BCUT2D eigenvalue weighted by atomic mass is 19.1. The van der Waals surface area contributed by atoms with Crippen LogP contribution in [0, 0.1) is 5.82 Å². The molecule has 2 saturated heterocycles. The Morgan fingerprint density at radius 3 is 2.29 bits per heavy atom. The van der Waals surface area contributed by atoms with Crippen molar-refractivity contribution in [3.63, 3.8) is 0 Å². The molecule has 14 nitrogen and oxygen atoms in total. The number of aromatic nitrogens is 2. The van der Waals surface area contributed by atoms with Crippen LogP contribution in [-0.4, -0.2) is 70.9 Å². The summed E-state index contributed by atoms with van der Waals surface area (Å²) in [7, 11) is 0. The molecule has 0 radical (unpaired) electrons. The second kappa shape index (κ2) is 17.5. The number of carbonyl (C=O) groups excluding carboxylic acids is 2. The molecule has 5 atom stereocenters. The van der Waals surface area contributed by atoms with Gasteiger partial charge in [-0.3, -0.25) is 19.1 Å². The molecule has 0 amide bonds. The predicted octanol–water partition coefficient (Wildman–Crippen LogP) is 6.76. The van der Waals surface area contributed by atoms with E-state index in [-0.39, 0.29) is 36.7 Å². The maximum atomic E-state index is 14.5. The van der Waals surface area contributed by atoms with Crippen molar-refractivity contribution in [2.75, 3.05) is 24.7 Å². The molecule has 4 aliphatic rings. The first-order chi connectivity index (χ1) is 27.8. The largest absolute Gasteiger partial charge is 0.463 e. The van der Waals surface area contributed by atoms with Crippen LogP contribution in [-0.2, 0) is 28.5 Å². The Morgan fingerprint density at radius 1 is 0.931 bits per heavy atom. The van der Waals surface area contributed by atoms with Gasteiger partial charge in [-0.25, -0.2) is 14.4 Å². The zero-order chi connectivity index (χ0) is 41.2. The second-order valence-corrected chi connectivity index (χ2v) is 16.9. The van der Waals surface area contributed by atoms with Crippen LogP contribution < -0.4 is 21.8 Å². The summed E-state index contributed by atoms with van der Waals surface area (Å²) in [5.74, 6) is -3.06. The van der Waals surface area contributed by atoms with Crippen LogP contribution in [0.25, 0.3) is 11.0 Å². The fraction of sp³-hybridized carbons (Fsp3) is 0.651. The zero-order valence-electron chi connectivity index (χ0n) is 34.0. The fourth-order valence-corrected chi connectivity index (χ4v) is 9.40. The average molecular weight is 810 g/mol. The Hall–Kier alpha value is -4.34. The van der Waals surface area contributed by atoms with E-state index in [1.165, 1.54) is 25.3 Å². The standard InChI is InChI=1S/C43H56FN3O11/c1-5-53-39(50)29-21-27-20-28-26(2)23-42(3,4)47(31(28)22-32(27)56-40(29)51)19-15-16-34(48)54-25-33-35-36(38(55-33)46-24-30(44)37(49)45-41(46)52)58-43(57-35)17-13-11-9-7-6-8-10-12-14-18-43/h20-22,24,26,33,35-36,38H,5-19,23,25H2,1-4H3,(H,45,49,52)/t26?,33-,35-,36-,38-/m1/s1. The van der Waals surface area contributed by atoms with Gasteiger partial charge in [-0.15, -0.1) is 0 Å². The van der Waals surface area contributed by atoms with Gasteiger partial charge in [0.15, 0.2) is 12.0 Å². The molecule has 3 fully saturated rings. The van der Waals surface area contributed by atoms with Crippen molar-refractivity contribution >= 4 is 28.6 Å². The van der Waals surface area contributed by atoms with Crippen LogP contribution in [0.4, 0.5) is 10.1 Å². The lowest BCUT2D eigenvalue weighted by molar-refractivity contribution is -0.229. The van der Waals surface area contributed by atoms with Crippen LogP contribution in [0.1, 0.15) is 146 Å². The summed E-state index contributed by atoms with van der Waals surface area (Å²) in [5, 5.41) is 0.625. The Morgan fingerprint density at radius 2 is 1.60 bits per heavy atom. The van der Waals surface area contributed by atoms with Gasteiger partial charge < -0.3 is 33.0 Å². The lowest BCUT2D eigenvalue weighted by Crippen LogP contribution is -2.48. The summed E-state index contributed by atoms with van der Waals surface area (Å²) in [6, 6.07) is 5.31. The van der Waals surface area contributed by atoms with Crippen molar-refractivity contribution < 1.29 is 42.1 Å². The summed E-state index contributed by atoms with van der Waals surface area (Å²) in [4.78, 5) is 67.5. The van der Waals surface area contributed by atoms with Gasteiger partial charge in [0.05, 0.1) is 12.8 Å². The number of carbonyl (C=O) groups is 2. The predicted molar refractivity (Wildman–Crippen MR) is 212 cm³/mol. The molecule has 1 N–H and O–H groups in total. The van der Waals surface area contributed by atoms with Gasteiger partial charge in [0, 0.05) is 48.5 Å². The number of ether oxygens (including phenoxy) is 5. The van der Waals surface area contributed by atoms with Crippen molar-refractivity contribution in [3.05, 3.63) is 72.6 Å². The van der Waals surface area contributed by atoms with Gasteiger partial charge >= 0.3 is 23.3 Å². The third kappa shape index (κ3) is 8.81. The molecule has 1 aliphatic carbocycles. The molecule has 1 aromatic carbocycles. The van der Waals surface area contributed by atoms with Gasteiger partial charge in [0.25, 0.3) is 5.56 Å². The number of nitrogens with zero attached hydrogens (tertiary/aromatic N) is 2. The zero-order valence-corrected chi connectivity index (χ0v) is 34.0. The first-order valence-corrected chi connectivity index (χ1v) is 21.0. The third-order valence-corrected chi connectivity index (χ3v) is 12.2. The molecular formula is C43H56FN3O11. The number of rotatable bonds is 9. The molecule has 0 bridgehead atoms. The van der Waals surface area contributed by atoms with Gasteiger partial charge in [0.2, 0.25) is 5.82 Å². The van der Waals surface area contributed by atoms with Crippen LogP contribution in [0.15, 0.2) is 43.2 Å². The molecule has 15 heteroatoms. The van der Waals surface area contributed by atoms with E-state index >= 15 is 0 Å². The van der Waals surface area contributed by atoms with E-state index in [2.05, 4.69) is 25.7 Å². The Labute approximate surface area is 336 Å². The van der Waals surface area contributed by atoms with Gasteiger partial charge in [-0.1, -0.05) is 51.9 Å². The summed E-state index contributed by atoms with van der Waals surface area (Å²) in [6.07, 6.45) is 9.85. The third-order valence-electron chi connectivity index (χ3n) is 12.2. The molecule has 1 unspecified atom stereocenters. The quantitative estimate of drug-likeness (QED) is 0.179. The Balaban J connectivity index is 1.04. The van der Waals surface area contributed by atoms with Crippen LogP contribution >= 0.6 is 0 Å². The summed E-state index contributed by atoms with van der Waals surface area (Å²) >= 11 is 0. The monoisotopic (exact) mass is 809 g/mol. The number of anilines is 1. The molecule has 316 valence electrons. The van der Waals surface area contributed by atoms with E-state index in [9.17, 15) is 28.4 Å². The summed E-state index contributed by atoms with van der Waals surface area (Å²) in [6.45, 7) is 8.55. The van der Waals surface area contributed by atoms with Crippen molar-refractivity contribution in [2.45, 2.75) is 159 Å². The lowest BCUT2D eigenvalue weighted by atomic mass is 9.79. The number of aromatic amines is 1. The van der Waals surface area contributed by atoms with E-state index in [1.54, 1.807) is 6.92 Å². The number of esters is 2. The maximum Gasteiger partial charge on any atom is 0.351 e. The second-order valence-electron chi connectivity index (χ2n) is 16.9. The molecule has 5 heterocycles. The van der Waals surface area contributed by atoms with Crippen molar-refractivity contribution in [3.8, 4) is 0 Å². The van der Waals surface area contributed by atoms with E-state index < -0.39 is 65.0 Å². The first kappa shape index (κ1) is 41.8. The molecule has 58 heavy (non-hydrogen) atoms. The van der Waals surface area contributed by atoms with Crippen LogP contribution in [0.5, 0.6) is 0 Å². The molecule has 1 saturated carbocycles. The van der Waals surface area contributed by atoms with Crippen molar-refractivity contribution in [1.29, 1.82) is 0 Å². The van der Waals surface area contributed by atoms with E-state index in [0.29, 0.717) is 36.8 Å². The van der Waals surface area contributed by atoms with Gasteiger partial charge in [0.1, 0.15) is 36.1 Å². The van der Waals surface area contributed by atoms with E-state index in [0.717, 1.165) is 67.0 Å². The number of hydrogen-bond acceptors (Lipinski definition) is 12. The molecule has 2 aromatic heterocycles. The highest BCUT2D eigenvalue weighted by Crippen LogP contribution is 2.48. The van der Waals surface area contributed by atoms with Crippen molar-refractivity contribution in [2.24, 2.45) is 0 Å². The average Bonchev–Trinajstić information content (AvgIpc) is 3.70. The number of benzene rings is 1. The molecule has 3 aliphatic heterocycles. The lowest BCUT2D eigenvalue weighted by Gasteiger charge is -2.47.